The Kier molecular flexibility index (Phi) is 4.06. The highest BCUT2D eigenvalue weighted by Gasteiger charge is 2.16. The van der Waals surface area contributed by atoms with Gasteiger partial charge in [0.15, 0.2) is 5.13 Å². The lowest BCUT2D eigenvalue weighted by Gasteiger charge is -2.08. The number of carbonyl (C=O) groups is 1. The molecule has 1 aliphatic heterocycles. The smallest absolute Gasteiger partial charge is 0.303 e. The third-order valence-electron chi connectivity index (χ3n) is 2.40. The van der Waals surface area contributed by atoms with Crippen LogP contribution in [0.2, 0.25) is 0 Å². The molecule has 0 aromatic carbocycles. The van der Waals surface area contributed by atoms with E-state index in [9.17, 15) is 4.79 Å². The van der Waals surface area contributed by atoms with Crippen molar-refractivity contribution in [3.63, 3.8) is 0 Å². The number of nitrogens with one attached hydrogen (secondary N) is 1. The van der Waals surface area contributed by atoms with E-state index in [1.807, 2.05) is 17.1 Å². The molecule has 0 saturated carbocycles. The van der Waals surface area contributed by atoms with Crippen LogP contribution in [0.1, 0.15) is 18.5 Å². The van der Waals surface area contributed by atoms with E-state index >= 15 is 0 Å². The van der Waals surface area contributed by atoms with E-state index in [0.717, 1.165) is 16.6 Å². The maximum Gasteiger partial charge on any atom is 0.303 e. The molecule has 6 heteroatoms. The van der Waals surface area contributed by atoms with E-state index in [-0.39, 0.29) is 6.42 Å². The lowest BCUT2D eigenvalue weighted by Crippen LogP contribution is -2.17. The van der Waals surface area contributed by atoms with E-state index in [1.165, 1.54) is 12.2 Å². The van der Waals surface area contributed by atoms with Gasteiger partial charge in [0, 0.05) is 23.6 Å². The molecule has 2 rings (SSSR count). The number of hydrogen-bond donors (Lipinski definition) is 2. The Morgan fingerprint density at radius 1 is 1.69 bits per heavy atom. The lowest BCUT2D eigenvalue weighted by atomic mass is 10.2. The van der Waals surface area contributed by atoms with E-state index in [4.69, 9.17) is 5.11 Å². The van der Waals surface area contributed by atoms with Gasteiger partial charge in [-0.3, -0.25) is 4.79 Å². The average molecular weight is 258 g/mol. The minimum absolute atomic E-state index is 0.155. The summed E-state index contributed by atoms with van der Waals surface area (Å²) in [6.07, 6.45) is 1.87. The highest BCUT2D eigenvalue weighted by atomic mass is 32.2. The maximum atomic E-state index is 10.4. The molecule has 1 aromatic heterocycles. The third-order valence-corrected chi connectivity index (χ3v) is 4.39. The molecule has 4 nitrogen and oxygen atoms in total. The number of thiazole rings is 1. The zero-order valence-electron chi connectivity index (χ0n) is 8.81. The highest BCUT2D eigenvalue weighted by molar-refractivity contribution is 7.99. The number of nitrogens with zero attached hydrogens (tertiary/aromatic N) is 1. The van der Waals surface area contributed by atoms with Crippen LogP contribution in [0, 0.1) is 0 Å². The van der Waals surface area contributed by atoms with Crippen LogP contribution >= 0.6 is 23.1 Å². The molecule has 1 aliphatic rings. The largest absolute Gasteiger partial charge is 0.481 e. The molecule has 2 heterocycles. The van der Waals surface area contributed by atoms with Crippen LogP contribution in [0.4, 0.5) is 5.13 Å². The van der Waals surface area contributed by atoms with E-state index in [2.05, 4.69) is 10.3 Å². The second kappa shape index (κ2) is 5.54. The molecular weight excluding hydrogens is 244 g/mol. The number of aliphatic carboxylic acids is 1. The van der Waals surface area contributed by atoms with Crippen molar-refractivity contribution in [1.82, 2.24) is 4.98 Å². The molecule has 88 valence electrons. The third kappa shape index (κ3) is 3.38. The molecule has 1 atom stereocenters. The van der Waals surface area contributed by atoms with Gasteiger partial charge in [0.1, 0.15) is 0 Å². The van der Waals surface area contributed by atoms with Crippen molar-refractivity contribution in [2.75, 3.05) is 16.8 Å². The molecule has 1 aromatic rings. The first-order valence-corrected chi connectivity index (χ1v) is 7.28. The summed E-state index contributed by atoms with van der Waals surface area (Å²) in [5.74, 6) is 1.59. The number of rotatable bonds is 5. The van der Waals surface area contributed by atoms with Gasteiger partial charge in [-0.2, -0.15) is 11.8 Å². The van der Waals surface area contributed by atoms with Crippen LogP contribution in [-0.2, 0) is 11.2 Å². The first-order valence-electron chi connectivity index (χ1n) is 5.24. The van der Waals surface area contributed by atoms with Crippen LogP contribution in [0.15, 0.2) is 5.38 Å². The standard InChI is InChI=1S/C10H14N2O2S2/c13-9(14)2-1-7-6-16-10(11-7)12-8-3-4-15-5-8/h6,8H,1-5H2,(H,11,12)(H,13,14). The topological polar surface area (TPSA) is 62.2 Å². The number of aryl methyl sites for hydroxylation is 1. The highest BCUT2D eigenvalue weighted by Crippen LogP contribution is 2.23. The zero-order valence-corrected chi connectivity index (χ0v) is 10.4. The monoisotopic (exact) mass is 258 g/mol. The van der Waals surface area contributed by atoms with Gasteiger partial charge >= 0.3 is 5.97 Å². The summed E-state index contributed by atoms with van der Waals surface area (Å²) in [5, 5.41) is 14.8. The molecule has 1 fully saturated rings. The van der Waals surface area contributed by atoms with Crippen molar-refractivity contribution in [3.8, 4) is 0 Å². The molecular formula is C10H14N2O2S2. The van der Waals surface area contributed by atoms with Gasteiger partial charge in [-0.1, -0.05) is 0 Å². The number of carboxylic acid groups (broad SMARTS) is 1. The van der Waals surface area contributed by atoms with Crippen LogP contribution in [-0.4, -0.2) is 33.6 Å². The second-order valence-corrected chi connectivity index (χ2v) is 5.75. The van der Waals surface area contributed by atoms with Crippen LogP contribution in [0.3, 0.4) is 0 Å². The van der Waals surface area contributed by atoms with Gasteiger partial charge in [0.2, 0.25) is 0 Å². The van der Waals surface area contributed by atoms with Crippen molar-refractivity contribution < 1.29 is 9.90 Å². The van der Waals surface area contributed by atoms with Crippen LogP contribution in [0.5, 0.6) is 0 Å². The van der Waals surface area contributed by atoms with Gasteiger partial charge in [-0.25, -0.2) is 4.98 Å². The molecule has 1 unspecified atom stereocenters. The van der Waals surface area contributed by atoms with E-state index in [0.29, 0.717) is 12.5 Å². The van der Waals surface area contributed by atoms with Crippen LogP contribution < -0.4 is 5.32 Å². The second-order valence-electron chi connectivity index (χ2n) is 3.74. The van der Waals surface area contributed by atoms with Gasteiger partial charge in [0.05, 0.1) is 12.1 Å². The minimum Gasteiger partial charge on any atom is -0.481 e. The summed E-state index contributed by atoms with van der Waals surface area (Å²) in [5.41, 5.74) is 0.876. The first-order chi connectivity index (χ1) is 7.74. The predicted molar refractivity (Wildman–Crippen MR) is 67.4 cm³/mol. The summed E-state index contributed by atoms with van der Waals surface area (Å²) in [7, 11) is 0. The van der Waals surface area contributed by atoms with E-state index < -0.39 is 5.97 Å². The molecule has 0 bridgehead atoms. The van der Waals surface area contributed by atoms with Gasteiger partial charge in [-0.05, 0) is 12.2 Å². The summed E-state index contributed by atoms with van der Waals surface area (Å²) >= 11 is 3.52. The van der Waals surface area contributed by atoms with Crippen LogP contribution in [0.25, 0.3) is 0 Å². The molecule has 0 amide bonds. The van der Waals surface area contributed by atoms with Gasteiger partial charge in [-0.15, -0.1) is 11.3 Å². The Morgan fingerprint density at radius 3 is 3.25 bits per heavy atom. The van der Waals surface area contributed by atoms with Crippen molar-refractivity contribution in [2.24, 2.45) is 0 Å². The van der Waals surface area contributed by atoms with Crippen molar-refractivity contribution in [2.45, 2.75) is 25.3 Å². The van der Waals surface area contributed by atoms with E-state index in [1.54, 1.807) is 11.3 Å². The average Bonchev–Trinajstić information content (AvgIpc) is 2.87. The first kappa shape index (κ1) is 11.7. The fraction of sp³-hybridized carbons (Fsp3) is 0.600. The molecule has 2 N–H and O–H groups in total. The molecule has 1 saturated heterocycles. The Hall–Kier alpha value is -0.750. The fourth-order valence-corrected chi connectivity index (χ4v) is 3.52. The summed E-state index contributed by atoms with van der Waals surface area (Å²) < 4.78 is 0. The normalized spacial score (nSPS) is 19.9. The number of anilines is 1. The Labute approximate surface area is 102 Å². The molecule has 16 heavy (non-hydrogen) atoms. The van der Waals surface area contributed by atoms with Gasteiger partial charge in [0.25, 0.3) is 0 Å². The number of aromatic nitrogens is 1. The minimum atomic E-state index is -0.769. The number of carboxylic acids is 1. The number of hydrogen-bond acceptors (Lipinski definition) is 5. The Balaban J connectivity index is 1.84. The Morgan fingerprint density at radius 2 is 2.56 bits per heavy atom. The zero-order chi connectivity index (χ0) is 11.4. The maximum absolute atomic E-state index is 10.4. The number of thioether (sulfide) groups is 1. The fourth-order valence-electron chi connectivity index (χ4n) is 1.55. The summed E-state index contributed by atoms with van der Waals surface area (Å²) in [6.45, 7) is 0. The molecule has 0 radical (unpaired) electrons. The predicted octanol–water partition coefficient (Wildman–Crippen LogP) is 2.08. The molecule has 0 spiro atoms. The summed E-state index contributed by atoms with van der Waals surface area (Å²) in [6, 6.07) is 0.531. The van der Waals surface area contributed by atoms with Gasteiger partial charge < -0.3 is 10.4 Å². The van der Waals surface area contributed by atoms with Crippen molar-refractivity contribution >= 4 is 34.2 Å². The van der Waals surface area contributed by atoms with Crippen molar-refractivity contribution in [3.05, 3.63) is 11.1 Å². The molecule has 0 aliphatic carbocycles. The lowest BCUT2D eigenvalue weighted by molar-refractivity contribution is -0.136. The SMILES string of the molecule is O=C(O)CCc1csc(NC2CCSC2)n1. The Bertz CT molecular complexity index is 361. The van der Waals surface area contributed by atoms with Crippen molar-refractivity contribution in [1.29, 1.82) is 0 Å². The quantitative estimate of drug-likeness (QED) is 0.846. The summed E-state index contributed by atoms with van der Waals surface area (Å²) in [4.78, 5) is 14.8.